The van der Waals surface area contributed by atoms with Crippen LogP contribution in [0.2, 0.25) is 10.0 Å². The monoisotopic (exact) mass is 577 g/mol. The third-order valence-electron chi connectivity index (χ3n) is 5.61. The Labute approximate surface area is 229 Å². The van der Waals surface area contributed by atoms with Crippen LogP contribution < -0.4 is 4.80 Å². The molecule has 194 valence electrons. The Morgan fingerprint density at radius 1 is 1.08 bits per heavy atom. The maximum atomic E-state index is 13.0. The van der Waals surface area contributed by atoms with Crippen LogP contribution in [0.1, 0.15) is 22.8 Å². The first-order chi connectivity index (χ1) is 17.7. The average Bonchev–Trinajstić information content (AvgIpc) is 3.21. The Kier molecular flexibility index (Phi) is 8.84. The highest BCUT2D eigenvalue weighted by Gasteiger charge is 2.21. The number of hydrogen-bond acceptors (Lipinski definition) is 5. The molecule has 0 bridgehead atoms. The standard InChI is InChI=1S/C26H25Cl2N3O4S2/c1-3-35-14-13-31-24-22(28)15-20(27)16-23(24)36-26(31)29-25(32)19-9-11-21(12-10-19)37(33,34)30(2)17-18-7-5-4-6-8-18/h4-12,15-16H,3,13-14,17H2,1-2H3. The first-order valence-electron chi connectivity index (χ1n) is 11.5. The second-order valence-corrected chi connectivity index (χ2v) is 12.1. The van der Waals surface area contributed by atoms with Crippen LogP contribution in [0.15, 0.2) is 76.6 Å². The van der Waals surface area contributed by atoms with E-state index in [0.29, 0.717) is 34.6 Å². The highest BCUT2D eigenvalue weighted by atomic mass is 35.5. The van der Waals surface area contributed by atoms with Gasteiger partial charge < -0.3 is 9.30 Å². The lowest BCUT2D eigenvalue weighted by Gasteiger charge is -2.17. The largest absolute Gasteiger partial charge is 0.380 e. The van der Waals surface area contributed by atoms with Crippen molar-refractivity contribution >= 4 is 60.7 Å². The molecule has 1 aromatic heterocycles. The van der Waals surface area contributed by atoms with E-state index in [-0.39, 0.29) is 17.0 Å². The topological polar surface area (TPSA) is 81.0 Å². The Morgan fingerprint density at radius 2 is 1.78 bits per heavy atom. The van der Waals surface area contributed by atoms with Crippen LogP contribution in [0.3, 0.4) is 0 Å². The zero-order chi connectivity index (χ0) is 26.6. The summed E-state index contributed by atoms with van der Waals surface area (Å²) in [6.45, 7) is 3.57. The van der Waals surface area contributed by atoms with E-state index in [9.17, 15) is 13.2 Å². The minimum absolute atomic E-state index is 0.0949. The van der Waals surface area contributed by atoms with Crippen LogP contribution >= 0.6 is 34.5 Å². The van der Waals surface area contributed by atoms with E-state index in [1.807, 2.05) is 41.8 Å². The SMILES string of the molecule is CCOCCn1c(=NC(=O)c2ccc(S(=O)(=O)N(C)Cc3ccccc3)cc2)sc2cc(Cl)cc(Cl)c21. The van der Waals surface area contributed by atoms with Gasteiger partial charge in [0.15, 0.2) is 4.80 Å². The molecule has 0 spiro atoms. The lowest BCUT2D eigenvalue weighted by Crippen LogP contribution is -2.26. The van der Waals surface area contributed by atoms with Crippen LogP contribution in [0.5, 0.6) is 0 Å². The van der Waals surface area contributed by atoms with Gasteiger partial charge in [-0.15, -0.1) is 0 Å². The molecule has 37 heavy (non-hydrogen) atoms. The number of sulfonamides is 1. The van der Waals surface area contributed by atoms with E-state index in [1.165, 1.54) is 47.0 Å². The molecule has 0 atom stereocenters. The van der Waals surface area contributed by atoms with Gasteiger partial charge in [-0.2, -0.15) is 9.30 Å². The first kappa shape index (κ1) is 27.5. The molecule has 0 aliphatic carbocycles. The molecule has 1 amide bonds. The van der Waals surface area contributed by atoms with Crippen molar-refractivity contribution < 1.29 is 17.9 Å². The lowest BCUT2D eigenvalue weighted by molar-refractivity contribution is 0.0996. The van der Waals surface area contributed by atoms with Crippen molar-refractivity contribution in [3.8, 4) is 0 Å². The zero-order valence-electron chi connectivity index (χ0n) is 20.2. The summed E-state index contributed by atoms with van der Waals surface area (Å²) in [6, 6.07) is 18.5. The quantitative estimate of drug-likeness (QED) is 0.242. The molecular formula is C26H25Cl2N3O4S2. The molecule has 0 fully saturated rings. The molecule has 4 rings (SSSR count). The number of ether oxygens (including phenoxy) is 1. The molecule has 0 aliphatic rings. The Balaban J connectivity index is 1.62. The molecule has 0 aliphatic heterocycles. The third-order valence-corrected chi connectivity index (χ3v) is 8.96. The number of carbonyl (C=O) groups is 1. The molecule has 0 radical (unpaired) electrons. The zero-order valence-corrected chi connectivity index (χ0v) is 23.4. The smallest absolute Gasteiger partial charge is 0.279 e. The second-order valence-electron chi connectivity index (χ2n) is 8.16. The highest BCUT2D eigenvalue weighted by Crippen LogP contribution is 2.30. The van der Waals surface area contributed by atoms with Crippen molar-refractivity contribution in [1.82, 2.24) is 8.87 Å². The van der Waals surface area contributed by atoms with Gasteiger partial charge in [-0.05, 0) is 48.9 Å². The predicted molar refractivity (Wildman–Crippen MR) is 148 cm³/mol. The van der Waals surface area contributed by atoms with E-state index in [4.69, 9.17) is 27.9 Å². The maximum absolute atomic E-state index is 13.0. The van der Waals surface area contributed by atoms with Gasteiger partial charge in [0.2, 0.25) is 10.0 Å². The van der Waals surface area contributed by atoms with E-state index in [1.54, 1.807) is 12.1 Å². The highest BCUT2D eigenvalue weighted by molar-refractivity contribution is 7.89. The van der Waals surface area contributed by atoms with Crippen molar-refractivity contribution in [1.29, 1.82) is 0 Å². The molecule has 0 saturated carbocycles. The third kappa shape index (κ3) is 6.31. The van der Waals surface area contributed by atoms with Gasteiger partial charge in [0, 0.05) is 37.3 Å². The maximum Gasteiger partial charge on any atom is 0.279 e. The van der Waals surface area contributed by atoms with Crippen molar-refractivity contribution in [2.24, 2.45) is 4.99 Å². The van der Waals surface area contributed by atoms with Crippen molar-refractivity contribution in [3.63, 3.8) is 0 Å². The van der Waals surface area contributed by atoms with Crippen molar-refractivity contribution in [2.45, 2.75) is 24.9 Å². The summed E-state index contributed by atoms with van der Waals surface area (Å²) in [5, 5.41) is 0.945. The Hall–Kier alpha value is -2.53. The fraction of sp³-hybridized carbons (Fsp3) is 0.231. The van der Waals surface area contributed by atoms with Gasteiger partial charge in [-0.25, -0.2) is 8.42 Å². The molecular weight excluding hydrogens is 553 g/mol. The van der Waals surface area contributed by atoms with Gasteiger partial charge in [-0.3, -0.25) is 4.79 Å². The molecule has 0 saturated heterocycles. The first-order valence-corrected chi connectivity index (χ1v) is 14.5. The van der Waals surface area contributed by atoms with Gasteiger partial charge in [0.05, 0.1) is 26.7 Å². The summed E-state index contributed by atoms with van der Waals surface area (Å²) < 4.78 is 35.4. The lowest BCUT2D eigenvalue weighted by atomic mass is 10.2. The van der Waals surface area contributed by atoms with E-state index in [0.717, 1.165) is 15.8 Å². The molecule has 0 unspecified atom stereocenters. The molecule has 4 aromatic rings. The molecule has 7 nitrogen and oxygen atoms in total. The normalized spacial score (nSPS) is 12.5. The number of carbonyl (C=O) groups excluding carboxylic acids is 1. The number of fused-ring (bicyclic) bond motifs is 1. The van der Waals surface area contributed by atoms with Crippen LogP contribution in [-0.4, -0.2) is 43.5 Å². The Bertz CT molecular complexity index is 1580. The second kappa shape index (κ2) is 11.9. The van der Waals surface area contributed by atoms with Gasteiger partial charge in [-0.1, -0.05) is 64.9 Å². The molecule has 0 N–H and O–H groups in total. The van der Waals surface area contributed by atoms with Crippen molar-refractivity contribution in [3.05, 3.63) is 92.7 Å². The van der Waals surface area contributed by atoms with E-state index in [2.05, 4.69) is 4.99 Å². The summed E-state index contributed by atoms with van der Waals surface area (Å²) in [6.07, 6.45) is 0. The van der Waals surface area contributed by atoms with E-state index < -0.39 is 15.9 Å². The van der Waals surface area contributed by atoms with Crippen LogP contribution in [0, 0.1) is 0 Å². The fourth-order valence-electron chi connectivity index (χ4n) is 3.75. The number of aromatic nitrogens is 1. The summed E-state index contributed by atoms with van der Waals surface area (Å²) in [7, 11) is -2.21. The van der Waals surface area contributed by atoms with Crippen LogP contribution in [0.25, 0.3) is 10.2 Å². The average molecular weight is 579 g/mol. The number of hydrogen-bond donors (Lipinski definition) is 0. The van der Waals surface area contributed by atoms with E-state index >= 15 is 0 Å². The number of amides is 1. The Morgan fingerprint density at radius 3 is 2.46 bits per heavy atom. The molecule has 11 heteroatoms. The van der Waals surface area contributed by atoms with Crippen molar-refractivity contribution in [2.75, 3.05) is 20.3 Å². The predicted octanol–water partition coefficient (Wildman–Crippen LogP) is 5.61. The number of thiazole rings is 1. The van der Waals surface area contributed by atoms with Crippen LogP contribution in [0.4, 0.5) is 0 Å². The van der Waals surface area contributed by atoms with Gasteiger partial charge >= 0.3 is 0 Å². The number of benzene rings is 3. The summed E-state index contributed by atoms with van der Waals surface area (Å²) in [5.41, 5.74) is 1.87. The summed E-state index contributed by atoms with van der Waals surface area (Å²) >= 11 is 13.9. The number of halogens is 2. The summed E-state index contributed by atoms with van der Waals surface area (Å²) in [5.74, 6) is -0.500. The van der Waals surface area contributed by atoms with Gasteiger partial charge in [0.25, 0.3) is 5.91 Å². The van der Waals surface area contributed by atoms with Crippen LogP contribution in [-0.2, 0) is 27.8 Å². The minimum atomic E-state index is -3.74. The number of rotatable bonds is 9. The molecule has 1 heterocycles. The molecule has 3 aromatic carbocycles. The summed E-state index contributed by atoms with van der Waals surface area (Å²) in [4.78, 5) is 17.9. The minimum Gasteiger partial charge on any atom is -0.380 e. The van der Waals surface area contributed by atoms with Gasteiger partial charge in [0.1, 0.15) is 0 Å². The fourth-order valence-corrected chi connectivity index (χ4v) is 6.74. The number of nitrogens with zero attached hydrogens (tertiary/aromatic N) is 3.